The van der Waals surface area contributed by atoms with E-state index in [0.29, 0.717) is 6.10 Å². The molecule has 1 saturated carbocycles. The second-order valence-electron chi connectivity index (χ2n) is 7.24. The van der Waals surface area contributed by atoms with Gasteiger partial charge in [-0.1, -0.05) is 23.9 Å². The average molecular weight is 410 g/mol. The quantitative estimate of drug-likeness (QED) is 0.454. The smallest absolute Gasteiger partial charge is 0.191 e. The summed E-state index contributed by atoms with van der Waals surface area (Å²) in [6, 6.07) is 16.4. The molecular formula is C23H27N3O2S. The van der Waals surface area contributed by atoms with Crippen molar-refractivity contribution in [3.63, 3.8) is 0 Å². The van der Waals surface area contributed by atoms with Crippen LogP contribution in [0.2, 0.25) is 0 Å². The third-order valence-corrected chi connectivity index (χ3v) is 6.29. The summed E-state index contributed by atoms with van der Waals surface area (Å²) in [5.74, 6) is 3.54. The van der Waals surface area contributed by atoms with E-state index in [1.54, 1.807) is 18.9 Å². The van der Waals surface area contributed by atoms with Gasteiger partial charge >= 0.3 is 0 Å². The van der Waals surface area contributed by atoms with Gasteiger partial charge in [0.2, 0.25) is 0 Å². The van der Waals surface area contributed by atoms with E-state index in [4.69, 9.17) is 9.47 Å². The molecule has 0 amide bonds. The van der Waals surface area contributed by atoms with Crippen LogP contribution in [0.5, 0.6) is 11.5 Å². The number of methoxy groups -OCH3 is 1. The molecule has 1 aromatic heterocycles. The zero-order chi connectivity index (χ0) is 20.1. The lowest BCUT2D eigenvalue weighted by atomic mass is 10.2. The Morgan fingerprint density at radius 1 is 1.03 bits per heavy atom. The van der Waals surface area contributed by atoms with Gasteiger partial charge < -0.3 is 14.0 Å². The first-order valence-corrected chi connectivity index (χ1v) is 11.2. The van der Waals surface area contributed by atoms with Crippen LogP contribution >= 0.6 is 11.8 Å². The first-order chi connectivity index (χ1) is 14.3. The highest BCUT2D eigenvalue weighted by molar-refractivity contribution is 7.98. The van der Waals surface area contributed by atoms with Crippen LogP contribution in [0.3, 0.4) is 0 Å². The summed E-state index contributed by atoms with van der Waals surface area (Å²) >= 11 is 1.69. The normalized spacial score (nSPS) is 14.3. The van der Waals surface area contributed by atoms with Gasteiger partial charge in [0, 0.05) is 17.9 Å². The van der Waals surface area contributed by atoms with E-state index in [0.717, 1.165) is 40.3 Å². The fourth-order valence-electron chi connectivity index (χ4n) is 3.69. The lowest BCUT2D eigenvalue weighted by Gasteiger charge is -2.13. The van der Waals surface area contributed by atoms with Crippen LogP contribution in [0.15, 0.2) is 53.7 Å². The summed E-state index contributed by atoms with van der Waals surface area (Å²) in [6.45, 7) is 2.95. The van der Waals surface area contributed by atoms with Gasteiger partial charge in [0.15, 0.2) is 11.0 Å². The van der Waals surface area contributed by atoms with Crippen molar-refractivity contribution in [1.82, 2.24) is 14.8 Å². The minimum Gasteiger partial charge on any atom is -0.497 e. The molecule has 29 heavy (non-hydrogen) atoms. The molecule has 5 nitrogen and oxygen atoms in total. The maximum Gasteiger partial charge on any atom is 0.191 e. The van der Waals surface area contributed by atoms with Crippen LogP contribution in [0, 0.1) is 0 Å². The number of thioether (sulfide) groups is 1. The molecule has 4 rings (SSSR count). The van der Waals surface area contributed by atoms with E-state index in [2.05, 4.69) is 46.0 Å². The molecule has 0 unspecified atom stereocenters. The van der Waals surface area contributed by atoms with Gasteiger partial charge in [-0.25, -0.2) is 0 Å². The van der Waals surface area contributed by atoms with Crippen molar-refractivity contribution < 1.29 is 9.47 Å². The van der Waals surface area contributed by atoms with Gasteiger partial charge in [0.25, 0.3) is 0 Å². The standard InChI is InChI=1S/C23H27N3O2S/c1-3-26-22(18-11-13-20(14-12-18)28-19-8-4-5-9-19)24-25-23(26)29-16-17-7-6-10-21(15-17)27-2/h6-7,10-15,19H,3-5,8-9,16H2,1-2H3. The fourth-order valence-corrected chi connectivity index (χ4v) is 4.63. The van der Waals surface area contributed by atoms with Crippen LogP contribution in [-0.4, -0.2) is 28.0 Å². The Kier molecular flexibility index (Phi) is 6.39. The van der Waals surface area contributed by atoms with Crippen molar-refractivity contribution in [3.8, 4) is 22.9 Å². The van der Waals surface area contributed by atoms with Crippen LogP contribution in [0.1, 0.15) is 38.2 Å². The van der Waals surface area contributed by atoms with Gasteiger partial charge in [-0.2, -0.15) is 0 Å². The highest BCUT2D eigenvalue weighted by Crippen LogP contribution is 2.29. The molecular weight excluding hydrogens is 382 g/mol. The number of nitrogens with zero attached hydrogens (tertiary/aromatic N) is 3. The van der Waals surface area contributed by atoms with Crippen LogP contribution in [0.25, 0.3) is 11.4 Å². The lowest BCUT2D eigenvalue weighted by Crippen LogP contribution is -2.10. The van der Waals surface area contributed by atoms with Gasteiger partial charge in [-0.15, -0.1) is 10.2 Å². The summed E-state index contributed by atoms with van der Waals surface area (Å²) in [5.41, 5.74) is 2.27. The Morgan fingerprint density at radius 3 is 2.55 bits per heavy atom. The summed E-state index contributed by atoms with van der Waals surface area (Å²) in [5, 5.41) is 9.83. The molecule has 0 atom stereocenters. The Hall–Kier alpha value is -2.47. The summed E-state index contributed by atoms with van der Waals surface area (Å²) in [7, 11) is 1.69. The number of aromatic nitrogens is 3. The third-order valence-electron chi connectivity index (χ3n) is 5.25. The molecule has 0 saturated heterocycles. The molecule has 0 spiro atoms. The van der Waals surface area contributed by atoms with E-state index in [1.165, 1.54) is 31.2 Å². The number of rotatable bonds is 8. The Labute approximate surface area is 176 Å². The van der Waals surface area contributed by atoms with E-state index < -0.39 is 0 Å². The summed E-state index contributed by atoms with van der Waals surface area (Å²) < 4.78 is 13.6. The number of hydrogen-bond donors (Lipinski definition) is 0. The second kappa shape index (κ2) is 9.35. The van der Waals surface area contributed by atoms with Crippen molar-refractivity contribution in [2.75, 3.05) is 7.11 Å². The van der Waals surface area contributed by atoms with Crippen molar-refractivity contribution in [2.24, 2.45) is 0 Å². The molecule has 6 heteroatoms. The number of benzene rings is 2. The molecule has 0 N–H and O–H groups in total. The maximum atomic E-state index is 6.08. The van der Waals surface area contributed by atoms with Crippen LogP contribution < -0.4 is 9.47 Å². The molecule has 152 valence electrons. The number of hydrogen-bond acceptors (Lipinski definition) is 5. The molecule has 2 aromatic carbocycles. The molecule has 1 aliphatic carbocycles. The Balaban J connectivity index is 1.46. The highest BCUT2D eigenvalue weighted by Gasteiger charge is 2.17. The topological polar surface area (TPSA) is 49.2 Å². The van der Waals surface area contributed by atoms with Crippen molar-refractivity contribution in [1.29, 1.82) is 0 Å². The molecule has 1 aliphatic rings. The molecule has 0 radical (unpaired) electrons. The molecule has 3 aromatic rings. The Bertz CT molecular complexity index is 934. The van der Waals surface area contributed by atoms with E-state index >= 15 is 0 Å². The van der Waals surface area contributed by atoms with E-state index in [9.17, 15) is 0 Å². The molecule has 1 heterocycles. The van der Waals surface area contributed by atoms with Gasteiger partial charge in [0.1, 0.15) is 11.5 Å². The molecule has 0 bridgehead atoms. The fraction of sp³-hybridized carbons (Fsp3) is 0.391. The summed E-state index contributed by atoms with van der Waals surface area (Å²) in [4.78, 5) is 0. The lowest BCUT2D eigenvalue weighted by molar-refractivity contribution is 0.210. The van der Waals surface area contributed by atoms with E-state index in [-0.39, 0.29) is 0 Å². The van der Waals surface area contributed by atoms with E-state index in [1.807, 2.05) is 24.3 Å². The van der Waals surface area contributed by atoms with Crippen molar-refractivity contribution >= 4 is 11.8 Å². The number of ether oxygens (including phenoxy) is 2. The largest absolute Gasteiger partial charge is 0.497 e. The zero-order valence-corrected chi connectivity index (χ0v) is 17.8. The maximum absolute atomic E-state index is 6.08. The van der Waals surface area contributed by atoms with Gasteiger partial charge in [0.05, 0.1) is 13.2 Å². The minimum atomic E-state index is 0.375. The minimum absolute atomic E-state index is 0.375. The first-order valence-electron chi connectivity index (χ1n) is 10.2. The molecule has 0 aliphatic heterocycles. The summed E-state index contributed by atoms with van der Waals surface area (Å²) in [6.07, 6.45) is 5.26. The van der Waals surface area contributed by atoms with Crippen LogP contribution in [0.4, 0.5) is 0 Å². The second-order valence-corrected chi connectivity index (χ2v) is 8.18. The van der Waals surface area contributed by atoms with Crippen molar-refractivity contribution in [2.45, 2.75) is 56.2 Å². The average Bonchev–Trinajstić information content (AvgIpc) is 3.42. The predicted molar refractivity (Wildman–Crippen MR) is 117 cm³/mol. The van der Waals surface area contributed by atoms with Crippen LogP contribution in [-0.2, 0) is 12.3 Å². The Morgan fingerprint density at radius 2 is 1.83 bits per heavy atom. The van der Waals surface area contributed by atoms with Crippen molar-refractivity contribution in [3.05, 3.63) is 54.1 Å². The van der Waals surface area contributed by atoms with Gasteiger partial charge in [-0.3, -0.25) is 0 Å². The highest BCUT2D eigenvalue weighted by atomic mass is 32.2. The zero-order valence-electron chi connectivity index (χ0n) is 17.0. The monoisotopic (exact) mass is 409 g/mol. The molecule has 1 fully saturated rings. The SMILES string of the molecule is CCn1c(SCc2cccc(OC)c2)nnc1-c1ccc(OC2CCCC2)cc1. The first kappa shape index (κ1) is 19.8. The predicted octanol–water partition coefficient (Wildman–Crippen LogP) is 5.59. The third kappa shape index (κ3) is 4.75. The van der Waals surface area contributed by atoms with Gasteiger partial charge in [-0.05, 0) is 74.6 Å².